The van der Waals surface area contributed by atoms with Gasteiger partial charge in [0.25, 0.3) is 5.91 Å². The van der Waals surface area contributed by atoms with Crippen molar-refractivity contribution >= 4 is 46.4 Å². The van der Waals surface area contributed by atoms with E-state index in [1.165, 1.54) is 11.3 Å². The molecule has 11 heteroatoms. The van der Waals surface area contributed by atoms with Gasteiger partial charge in [-0.15, -0.1) is 21.5 Å². The third-order valence-corrected chi connectivity index (χ3v) is 9.33. The minimum Gasteiger partial charge on any atom is -0.425 e. The Labute approximate surface area is 222 Å². The van der Waals surface area contributed by atoms with E-state index in [0.717, 1.165) is 12.0 Å². The number of halogens is 2. The highest BCUT2D eigenvalue weighted by molar-refractivity contribution is 7.11. The second-order valence-electron chi connectivity index (χ2n) is 10.9. The highest BCUT2D eigenvalue weighted by Crippen LogP contribution is 2.55. The molecule has 1 saturated carbocycles. The smallest absolute Gasteiger partial charge is 0.265 e. The monoisotopic (exact) mass is 545 g/mol. The van der Waals surface area contributed by atoms with Crippen LogP contribution in [0.4, 0.5) is 0 Å². The van der Waals surface area contributed by atoms with Gasteiger partial charge in [0, 0.05) is 37.5 Å². The van der Waals surface area contributed by atoms with Crippen LogP contribution in [-0.4, -0.2) is 63.0 Å². The minimum atomic E-state index is -0.303. The van der Waals surface area contributed by atoms with E-state index >= 15 is 0 Å². The molecule has 188 valence electrons. The third-order valence-electron chi connectivity index (χ3n) is 7.83. The molecular weight excluding hydrogens is 521 g/mol. The molecule has 2 amide bonds. The highest BCUT2D eigenvalue weighted by atomic mass is 35.5. The van der Waals surface area contributed by atoms with Crippen LogP contribution in [-0.2, 0) is 11.2 Å². The Morgan fingerprint density at radius 1 is 1.14 bits per heavy atom. The van der Waals surface area contributed by atoms with Crippen molar-refractivity contribution in [2.45, 2.75) is 32.6 Å². The van der Waals surface area contributed by atoms with Gasteiger partial charge in [-0.05, 0) is 29.5 Å². The molecule has 2 saturated heterocycles. The van der Waals surface area contributed by atoms with Crippen LogP contribution < -0.4 is 0 Å². The van der Waals surface area contributed by atoms with Gasteiger partial charge in [-0.1, -0.05) is 43.1 Å². The second-order valence-corrected chi connectivity index (χ2v) is 12.6. The number of carbonyl (C=O) groups is 2. The summed E-state index contributed by atoms with van der Waals surface area (Å²) in [4.78, 5) is 34.6. The fourth-order valence-corrected chi connectivity index (χ4v) is 6.45. The van der Waals surface area contributed by atoms with Gasteiger partial charge in [0.1, 0.15) is 4.88 Å². The predicted molar refractivity (Wildman–Crippen MR) is 135 cm³/mol. The number of hydrogen-bond donors (Lipinski definition) is 0. The number of hydrogen-bond acceptors (Lipinski definition) is 7. The van der Waals surface area contributed by atoms with Gasteiger partial charge in [-0.2, -0.15) is 0 Å². The van der Waals surface area contributed by atoms with Crippen molar-refractivity contribution in [3.05, 3.63) is 62.2 Å². The Bertz CT molecular complexity index is 1340. The summed E-state index contributed by atoms with van der Waals surface area (Å²) < 4.78 is 6.13. The van der Waals surface area contributed by atoms with Gasteiger partial charge < -0.3 is 14.2 Å². The van der Waals surface area contributed by atoms with Gasteiger partial charge in [0.2, 0.25) is 17.7 Å². The SMILES string of the molecule is CC1(C)C[C@@H]1C(=O)N1CC2(CN(C(=O)c3cncs3)C[C@@H]2c2nnc(Cc3ccc(Cl)c(Cl)c3)o2)C1. The quantitative estimate of drug-likeness (QED) is 0.467. The van der Waals surface area contributed by atoms with Crippen LogP contribution in [0.2, 0.25) is 10.0 Å². The van der Waals surface area contributed by atoms with Crippen molar-refractivity contribution in [2.24, 2.45) is 16.7 Å². The molecule has 6 rings (SSSR count). The maximum Gasteiger partial charge on any atom is 0.265 e. The Hall–Kier alpha value is -2.49. The Balaban J connectivity index is 1.23. The second kappa shape index (κ2) is 8.53. The summed E-state index contributed by atoms with van der Waals surface area (Å²) in [6.45, 7) is 6.43. The molecule has 4 heterocycles. The van der Waals surface area contributed by atoms with Crippen LogP contribution in [0.25, 0.3) is 0 Å². The Morgan fingerprint density at radius 3 is 2.56 bits per heavy atom. The number of rotatable bonds is 5. The topological polar surface area (TPSA) is 92.4 Å². The third kappa shape index (κ3) is 4.11. The lowest BCUT2D eigenvalue weighted by Crippen LogP contribution is -2.62. The van der Waals surface area contributed by atoms with Gasteiger partial charge in [-0.3, -0.25) is 14.6 Å². The summed E-state index contributed by atoms with van der Waals surface area (Å²) in [6, 6.07) is 5.40. The molecule has 3 aromatic rings. The van der Waals surface area contributed by atoms with Gasteiger partial charge >= 0.3 is 0 Å². The lowest BCUT2D eigenvalue weighted by Gasteiger charge is -2.50. The van der Waals surface area contributed by atoms with Crippen LogP contribution in [0, 0.1) is 16.7 Å². The first-order chi connectivity index (χ1) is 17.1. The molecule has 2 aromatic heterocycles. The zero-order chi connectivity index (χ0) is 25.2. The summed E-state index contributed by atoms with van der Waals surface area (Å²) >= 11 is 13.5. The largest absolute Gasteiger partial charge is 0.425 e. The zero-order valence-electron chi connectivity index (χ0n) is 19.9. The van der Waals surface area contributed by atoms with E-state index in [9.17, 15) is 9.59 Å². The van der Waals surface area contributed by atoms with Crippen molar-refractivity contribution in [1.29, 1.82) is 0 Å². The van der Waals surface area contributed by atoms with Crippen LogP contribution in [0.15, 0.2) is 34.3 Å². The molecule has 2 aliphatic heterocycles. The first kappa shape index (κ1) is 23.9. The van der Waals surface area contributed by atoms with Crippen molar-refractivity contribution in [3.63, 3.8) is 0 Å². The fraction of sp³-hybridized carbons (Fsp3) is 0.480. The fourth-order valence-electron chi connectivity index (χ4n) is 5.54. The Kier molecular flexibility index (Phi) is 5.66. The normalized spacial score (nSPS) is 23.7. The summed E-state index contributed by atoms with van der Waals surface area (Å²) in [7, 11) is 0. The molecule has 1 aliphatic carbocycles. The lowest BCUT2D eigenvalue weighted by atomic mass is 9.71. The average Bonchev–Trinajstić information content (AvgIpc) is 3.33. The number of carbonyl (C=O) groups excluding carboxylic acids is 2. The molecule has 8 nitrogen and oxygen atoms in total. The molecule has 2 atom stereocenters. The summed E-state index contributed by atoms with van der Waals surface area (Å²) in [5, 5.41) is 9.62. The van der Waals surface area contributed by atoms with Crippen LogP contribution in [0.3, 0.4) is 0 Å². The van der Waals surface area contributed by atoms with E-state index in [0.29, 0.717) is 59.3 Å². The number of aromatic nitrogens is 3. The number of nitrogens with zero attached hydrogens (tertiary/aromatic N) is 5. The zero-order valence-corrected chi connectivity index (χ0v) is 22.2. The van der Waals surface area contributed by atoms with E-state index in [1.54, 1.807) is 23.8 Å². The Morgan fingerprint density at radius 2 is 1.89 bits per heavy atom. The molecule has 0 bridgehead atoms. The molecule has 0 N–H and O–H groups in total. The highest BCUT2D eigenvalue weighted by Gasteiger charge is 2.61. The molecule has 0 radical (unpaired) electrons. The van der Waals surface area contributed by atoms with Gasteiger partial charge in [0.05, 0.1) is 34.1 Å². The maximum atomic E-state index is 13.2. The van der Waals surface area contributed by atoms with Crippen molar-refractivity contribution < 1.29 is 14.0 Å². The number of likely N-dealkylation sites (tertiary alicyclic amines) is 2. The van der Waals surface area contributed by atoms with E-state index in [2.05, 4.69) is 29.0 Å². The molecule has 1 spiro atoms. The molecule has 3 aliphatic rings. The summed E-state index contributed by atoms with van der Waals surface area (Å²) in [5.74, 6) is 1.07. The van der Waals surface area contributed by atoms with Gasteiger partial charge in [-0.25, -0.2) is 0 Å². The van der Waals surface area contributed by atoms with Crippen molar-refractivity contribution in [2.75, 3.05) is 26.2 Å². The number of benzene rings is 1. The van der Waals surface area contributed by atoms with Crippen molar-refractivity contribution in [3.8, 4) is 0 Å². The van der Waals surface area contributed by atoms with E-state index in [-0.39, 0.29) is 34.5 Å². The first-order valence-corrected chi connectivity index (χ1v) is 13.5. The molecule has 0 unspecified atom stereocenters. The van der Waals surface area contributed by atoms with E-state index in [1.807, 2.05) is 15.9 Å². The maximum absolute atomic E-state index is 13.2. The minimum absolute atomic E-state index is 0.0528. The van der Waals surface area contributed by atoms with Crippen LogP contribution >= 0.6 is 34.5 Å². The average molecular weight is 546 g/mol. The summed E-state index contributed by atoms with van der Waals surface area (Å²) in [6.07, 6.45) is 2.95. The van der Waals surface area contributed by atoms with Crippen LogP contribution in [0.5, 0.6) is 0 Å². The molecule has 36 heavy (non-hydrogen) atoms. The standard InChI is InChI=1S/C25H25Cl2N5O3S/c1-24(2)7-15(24)22(33)32-11-25(12-32)10-31(23(34)19-8-28-13-36-19)9-16(25)21-30-29-20(35-21)6-14-3-4-17(26)18(27)5-14/h3-5,8,13,15-16H,6-7,9-12H2,1-2H3/t15-,16-/m1/s1. The predicted octanol–water partition coefficient (Wildman–Crippen LogP) is 4.54. The lowest BCUT2D eigenvalue weighted by molar-refractivity contribution is -0.146. The van der Waals surface area contributed by atoms with Gasteiger partial charge in [0.15, 0.2) is 0 Å². The number of amides is 2. The molecule has 1 aromatic carbocycles. The van der Waals surface area contributed by atoms with E-state index in [4.69, 9.17) is 27.6 Å². The van der Waals surface area contributed by atoms with E-state index < -0.39 is 0 Å². The van der Waals surface area contributed by atoms with Crippen LogP contribution in [0.1, 0.15) is 53.2 Å². The summed E-state index contributed by atoms with van der Waals surface area (Å²) in [5.41, 5.74) is 2.35. The first-order valence-electron chi connectivity index (χ1n) is 11.9. The van der Waals surface area contributed by atoms with Crippen molar-refractivity contribution in [1.82, 2.24) is 25.0 Å². The molecule has 3 fully saturated rings. The number of thiazole rings is 1. The molecular formula is C25H25Cl2N5O3S.